The minimum Gasteiger partial charge on any atom is -0.500 e. The number of phenols is 1. The standard InChI is InChI=1S/C12H11N5O5S/c1-6-11(19)16(12(23)15-14-6)13-5-7-3-8(17(20)21)10(18)9(4-7)22-2/h3-5,18H,1-2H3,(H,15,23). The van der Waals surface area contributed by atoms with Gasteiger partial charge in [0.1, 0.15) is 5.69 Å². The third kappa shape index (κ3) is 3.23. The maximum atomic E-state index is 11.9. The predicted molar refractivity (Wildman–Crippen MR) is 82.7 cm³/mol. The van der Waals surface area contributed by atoms with Crippen molar-refractivity contribution in [1.82, 2.24) is 14.9 Å². The van der Waals surface area contributed by atoms with Crippen LogP contribution in [-0.4, -0.2) is 38.2 Å². The van der Waals surface area contributed by atoms with Crippen molar-refractivity contribution in [3.8, 4) is 11.5 Å². The zero-order valence-corrected chi connectivity index (χ0v) is 12.8. The molecule has 1 aromatic heterocycles. The van der Waals surface area contributed by atoms with Crippen LogP contribution in [0.15, 0.2) is 22.0 Å². The van der Waals surface area contributed by atoms with E-state index in [9.17, 15) is 20.0 Å². The van der Waals surface area contributed by atoms with E-state index in [1.54, 1.807) is 0 Å². The van der Waals surface area contributed by atoms with E-state index in [0.717, 1.165) is 10.7 Å². The maximum Gasteiger partial charge on any atom is 0.315 e. The number of nitrogens with one attached hydrogen (secondary N) is 1. The summed E-state index contributed by atoms with van der Waals surface area (Å²) in [6, 6.07) is 2.42. The van der Waals surface area contributed by atoms with Crippen LogP contribution in [0.5, 0.6) is 11.5 Å². The van der Waals surface area contributed by atoms with Gasteiger partial charge >= 0.3 is 5.69 Å². The van der Waals surface area contributed by atoms with Crippen LogP contribution in [0.25, 0.3) is 0 Å². The Hall–Kier alpha value is -3.08. The Labute approximate surface area is 133 Å². The molecule has 0 aliphatic rings. The summed E-state index contributed by atoms with van der Waals surface area (Å²) in [6.07, 6.45) is 1.18. The number of rotatable bonds is 4. The van der Waals surface area contributed by atoms with Gasteiger partial charge in [-0.3, -0.25) is 20.0 Å². The van der Waals surface area contributed by atoms with Gasteiger partial charge in [0.15, 0.2) is 5.75 Å². The number of nitro groups is 1. The predicted octanol–water partition coefficient (Wildman–Crippen LogP) is 1.11. The number of hydrogen-bond acceptors (Lipinski definition) is 8. The van der Waals surface area contributed by atoms with Crippen LogP contribution in [0.2, 0.25) is 0 Å². The van der Waals surface area contributed by atoms with E-state index >= 15 is 0 Å². The molecule has 0 saturated heterocycles. The minimum absolute atomic E-state index is 0.0305. The highest BCUT2D eigenvalue weighted by molar-refractivity contribution is 7.71. The molecule has 0 spiro atoms. The number of aryl methyl sites for hydroxylation is 1. The summed E-state index contributed by atoms with van der Waals surface area (Å²) in [4.78, 5) is 22.1. The van der Waals surface area contributed by atoms with Gasteiger partial charge in [0.05, 0.1) is 18.2 Å². The molecule has 23 heavy (non-hydrogen) atoms. The zero-order valence-electron chi connectivity index (χ0n) is 12.0. The Balaban J connectivity index is 2.55. The molecule has 0 aliphatic heterocycles. The van der Waals surface area contributed by atoms with Crippen molar-refractivity contribution < 1.29 is 14.8 Å². The van der Waals surface area contributed by atoms with Gasteiger partial charge in [0, 0.05) is 11.6 Å². The Kier molecular flexibility index (Phi) is 4.50. The van der Waals surface area contributed by atoms with Crippen LogP contribution < -0.4 is 10.3 Å². The highest BCUT2D eigenvalue weighted by atomic mass is 32.1. The van der Waals surface area contributed by atoms with Gasteiger partial charge in [-0.25, -0.2) is 0 Å². The van der Waals surface area contributed by atoms with Crippen molar-refractivity contribution in [2.45, 2.75) is 6.92 Å². The van der Waals surface area contributed by atoms with Crippen molar-refractivity contribution in [2.75, 3.05) is 7.11 Å². The first-order valence-electron chi connectivity index (χ1n) is 6.13. The number of nitrogens with zero attached hydrogens (tertiary/aromatic N) is 4. The molecule has 0 radical (unpaired) electrons. The Morgan fingerprint density at radius 1 is 1.57 bits per heavy atom. The lowest BCUT2D eigenvalue weighted by Crippen LogP contribution is -2.22. The molecule has 10 nitrogen and oxygen atoms in total. The number of H-pyrrole nitrogens is 1. The van der Waals surface area contributed by atoms with Crippen LogP contribution in [-0.2, 0) is 0 Å². The third-order valence-electron chi connectivity index (χ3n) is 2.83. The summed E-state index contributed by atoms with van der Waals surface area (Å²) in [5, 5.41) is 30.7. The summed E-state index contributed by atoms with van der Waals surface area (Å²) in [7, 11) is 1.26. The van der Waals surface area contributed by atoms with E-state index < -0.39 is 21.9 Å². The van der Waals surface area contributed by atoms with Crippen molar-refractivity contribution in [1.29, 1.82) is 0 Å². The second-order valence-corrected chi connectivity index (χ2v) is 4.71. The Bertz CT molecular complexity index is 917. The van der Waals surface area contributed by atoms with Gasteiger partial charge in [0.25, 0.3) is 5.56 Å². The van der Waals surface area contributed by atoms with Gasteiger partial charge in [-0.05, 0) is 25.2 Å². The monoisotopic (exact) mass is 337 g/mol. The highest BCUT2D eigenvalue weighted by Crippen LogP contribution is 2.36. The molecule has 2 N–H and O–H groups in total. The van der Waals surface area contributed by atoms with Crippen LogP contribution in [0.3, 0.4) is 0 Å². The molecule has 2 aromatic rings. The normalized spacial score (nSPS) is 10.9. The number of methoxy groups -OCH3 is 1. The second kappa shape index (κ2) is 6.36. The summed E-state index contributed by atoms with van der Waals surface area (Å²) >= 11 is 4.91. The SMILES string of the molecule is COc1cc(C=Nn2c(=S)[nH]nc(C)c2=O)cc([N+](=O)[O-])c1O. The lowest BCUT2D eigenvalue weighted by Gasteiger charge is -2.05. The van der Waals surface area contributed by atoms with E-state index in [2.05, 4.69) is 15.3 Å². The van der Waals surface area contributed by atoms with E-state index in [1.807, 2.05) is 0 Å². The van der Waals surface area contributed by atoms with Crippen LogP contribution in [0.1, 0.15) is 11.3 Å². The molecule has 1 heterocycles. The quantitative estimate of drug-likeness (QED) is 0.369. The molecule has 0 unspecified atom stereocenters. The largest absolute Gasteiger partial charge is 0.500 e. The van der Waals surface area contributed by atoms with E-state index in [-0.39, 0.29) is 21.8 Å². The molecule has 1 aromatic carbocycles. The molecular weight excluding hydrogens is 326 g/mol. The molecule has 2 rings (SSSR count). The topological polar surface area (TPSA) is 136 Å². The average molecular weight is 337 g/mol. The fourth-order valence-electron chi connectivity index (χ4n) is 1.68. The van der Waals surface area contributed by atoms with Gasteiger partial charge in [-0.1, -0.05) is 0 Å². The second-order valence-electron chi connectivity index (χ2n) is 4.32. The van der Waals surface area contributed by atoms with Gasteiger partial charge in [-0.2, -0.15) is 14.9 Å². The number of hydrogen-bond donors (Lipinski definition) is 2. The molecule has 0 atom stereocenters. The van der Waals surface area contributed by atoms with Gasteiger partial charge in [0.2, 0.25) is 10.5 Å². The Morgan fingerprint density at radius 3 is 2.87 bits per heavy atom. The fourth-order valence-corrected chi connectivity index (χ4v) is 1.86. The first-order valence-corrected chi connectivity index (χ1v) is 6.54. The van der Waals surface area contributed by atoms with Crippen LogP contribution in [0, 0.1) is 21.8 Å². The first kappa shape index (κ1) is 16.3. The lowest BCUT2D eigenvalue weighted by molar-refractivity contribution is -0.386. The molecule has 11 heteroatoms. The van der Waals surface area contributed by atoms with Crippen molar-refractivity contribution in [3.05, 3.63) is 48.6 Å². The lowest BCUT2D eigenvalue weighted by atomic mass is 10.2. The van der Waals surface area contributed by atoms with Crippen LogP contribution >= 0.6 is 12.2 Å². The molecule has 0 saturated carbocycles. The van der Waals surface area contributed by atoms with E-state index in [0.29, 0.717) is 0 Å². The summed E-state index contributed by atoms with van der Waals surface area (Å²) in [6.45, 7) is 1.48. The third-order valence-corrected chi connectivity index (χ3v) is 3.09. The molecule has 120 valence electrons. The molecule has 0 aliphatic carbocycles. The smallest absolute Gasteiger partial charge is 0.315 e. The summed E-state index contributed by atoms with van der Waals surface area (Å²) < 4.78 is 5.73. The highest BCUT2D eigenvalue weighted by Gasteiger charge is 2.19. The summed E-state index contributed by atoms with van der Waals surface area (Å²) in [5.41, 5.74) is -0.674. The molecule has 0 amide bonds. The molecule has 0 fully saturated rings. The first-order chi connectivity index (χ1) is 10.8. The number of aromatic nitrogens is 3. The van der Waals surface area contributed by atoms with E-state index in [1.165, 1.54) is 26.3 Å². The maximum absolute atomic E-state index is 11.9. The summed E-state index contributed by atoms with van der Waals surface area (Å²) in [5.74, 6) is -0.687. The van der Waals surface area contributed by atoms with Crippen molar-refractivity contribution >= 4 is 24.1 Å². The van der Waals surface area contributed by atoms with E-state index in [4.69, 9.17) is 17.0 Å². The fraction of sp³-hybridized carbons (Fsp3) is 0.167. The number of phenolic OH excluding ortho intramolecular Hbond substituents is 1. The number of aromatic hydroxyl groups is 1. The number of aromatic amines is 1. The number of ether oxygens (including phenoxy) is 1. The molecule has 0 bridgehead atoms. The Morgan fingerprint density at radius 2 is 2.26 bits per heavy atom. The molecular formula is C12H11N5O5S. The number of nitro benzene ring substituents is 1. The van der Waals surface area contributed by atoms with Crippen LogP contribution in [0.4, 0.5) is 5.69 Å². The van der Waals surface area contributed by atoms with Gasteiger partial charge in [-0.15, -0.1) is 0 Å². The average Bonchev–Trinajstić information content (AvgIpc) is 2.52. The van der Waals surface area contributed by atoms with Crippen molar-refractivity contribution in [3.63, 3.8) is 0 Å². The number of benzene rings is 1. The minimum atomic E-state index is -0.760. The van der Waals surface area contributed by atoms with Gasteiger partial charge < -0.3 is 9.84 Å². The zero-order chi connectivity index (χ0) is 17.1. The van der Waals surface area contributed by atoms with Crippen molar-refractivity contribution in [2.24, 2.45) is 5.10 Å².